The van der Waals surface area contributed by atoms with Gasteiger partial charge >= 0.3 is 0 Å². The van der Waals surface area contributed by atoms with Gasteiger partial charge in [-0.3, -0.25) is 10.1 Å². The van der Waals surface area contributed by atoms with E-state index in [4.69, 9.17) is 11.6 Å². The number of carbonyl (C=O) groups excluding carboxylic acids is 1. The molecule has 0 spiro atoms. The first-order valence-corrected chi connectivity index (χ1v) is 9.98. The van der Waals surface area contributed by atoms with Gasteiger partial charge in [-0.2, -0.15) is 9.61 Å². The average Bonchev–Trinajstić information content (AvgIpc) is 3.26. The molecule has 4 rings (SSSR count). The van der Waals surface area contributed by atoms with Crippen molar-refractivity contribution < 1.29 is 4.79 Å². The summed E-state index contributed by atoms with van der Waals surface area (Å²) in [6.07, 6.45) is 0. The fraction of sp³-hybridized carbons (Fsp3) is 0.125. The molecule has 27 heavy (non-hydrogen) atoms. The van der Waals surface area contributed by atoms with Crippen LogP contribution in [-0.2, 0) is 4.79 Å². The number of hydrogen-bond acceptors (Lipinski definition) is 8. The molecule has 1 aromatic carbocycles. The number of rotatable bonds is 5. The van der Waals surface area contributed by atoms with E-state index in [0.717, 1.165) is 16.3 Å². The van der Waals surface area contributed by atoms with Gasteiger partial charge in [-0.25, -0.2) is 0 Å². The molecule has 3 heterocycles. The van der Waals surface area contributed by atoms with E-state index in [9.17, 15) is 4.79 Å². The van der Waals surface area contributed by atoms with Crippen LogP contribution in [0.4, 0.5) is 5.13 Å². The van der Waals surface area contributed by atoms with Gasteiger partial charge in [-0.05, 0) is 31.2 Å². The van der Waals surface area contributed by atoms with Crippen molar-refractivity contribution in [1.29, 1.82) is 0 Å². The van der Waals surface area contributed by atoms with Crippen molar-refractivity contribution in [1.82, 2.24) is 30.0 Å². The Bertz CT molecular complexity index is 1110. The van der Waals surface area contributed by atoms with Gasteiger partial charge in [0.05, 0.1) is 11.4 Å². The zero-order chi connectivity index (χ0) is 18.8. The molecule has 11 heteroatoms. The molecule has 0 aliphatic rings. The van der Waals surface area contributed by atoms with E-state index in [1.54, 1.807) is 4.52 Å². The number of thioether (sulfide) groups is 1. The van der Waals surface area contributed by atoms with E-state index < -0.39 is 0 Å². The monoisotopic (exact) mass is 417 g/mol. The molecular formula is C16H12ClN7OS2. The summed E-state index contributed by atoms with van der Waals surface area (Å²) in [4.78, 5) is 12.1. The van der Waals surface area contributed by atoms with Gasteiger partial charge in [0.1, 0.15) is 5.01 Å². The minimum absolute atomic E-state index is 0.159. The SMILES string of the molecule is Cc1nnc(NC(=O)CSc2nnc3ccc(-c4ccc(Cl)cc4)nn23)s1. The maximum atomic E-state index is 12.1. The van der Waals surface area contributed by atoms with Crippen LogP contribution in [0.3, 0.4) is 0 Å². The van der Waals surface area contributed by atoms with Crippen molar-refractivity contribution >= 4 is 51.4 Å². The van der Waals surface area contributed by atoms with Crippen LogP contribution < -0.4 is 5.32 Å². The first-order valence-electron chi connectivity index (χ1n) is 7.80. The minimum atomic E-state index is -0.193. The largest absolute Gasteiger partial charge is 0.300 e. The molecule has 1 amide bonds. The Morgan fingerprint density at radius 2 is 1.96 bits per heavy atom. The summed E-state index contributed by atoms with van der Waals surface area (Å²) in [6, 6.07) is 11.1. The smallest absolute Gasteiger partial charge is 0.236 e. The van der Waals surface area contributed by atoms with Crippen LogP contribution in [0, 0.1) is 6.92 Å². The third-order valence-corrected chi connectivity index (χ3v) is 5.40. The van der Waals surface area contributed by atoms with Gasteiger partial charge in [-0.15, -0.1) is 20.4 Å². The topological polar surface area (TPSA) is 98.0 Å². The molecule has 0 saturated carbocycles. The molecular weight excluding hydrogens is 406 g/mol. The lowest BCUT2D eigenvalue weighted by Crippen LogP contribution is -2.14. The Labute approximate surface area is 167 Å². The maximum Gasteiger partial charge on any atom is 0.236 e. The normalized spacial score (nSPS) is 11.0. The van der Waals surface area contributed by atoms with Crippen molar-refractivity contribution in [2.75, 3.05) is 11.1 Å². The molecule has 0 saturated heterocycles. The van der Waals surface area contributed by atoms with E-state index in [-0.39, 0.29) is 11.7 Å². The standard InChI is InChI=1S/C16H12ClN7OS2/c1-9-19-21-15(27-9)18-14(25)8-26-16-22-20-13-7-6-12(23-24(13)16)10-2-4-11(17)5-3-10/h2-7H,8H2,1H3,(H,18,21,25). The fourth-order valence-electron chi connectivity index (χ4n) is 2.27. The summed E-state index contributed by atoms with van der Waals surface area (Å²) >= 11 is 8.51. The molecule has 3 aromatic heterocycles. The Morgan fingerprint density at radius 3 is 2.70 bits per heavy atom. The predicted molar refractivity (Wildman–Crippen MR) is 105 cm³/mol. The highest BCUT2D eigenvalue weighted by Crippen LogP contribution is 2.22. The predicted octanol–water partition coefficient (Wildman–Crippen LogP) is 3.34. The number of aromatic nitrogens is 6. The number of benzene rings is 1. The lowest BCUT2D eigenvalue weighted by molar-refractivity contribution is -0.113. The third kappa shape index (κ3) is 4.07. The number of nitrogens with one attached hydrogen (secondary N) is 1. The average molecular weight is 418 g/mol. The molecule has 0 aliphatic heterocycles. The summed E-state index contributed by atoms with van der Waals surface area (Å²) in [5.41, 5.74) is 2.29. The lowest BCUT2D eigenvalue weighted by Gasteiger charge is -2.03. The Morgan fingerprint density at radius 1 is 1.15 bits per heavy atom. The van der Waals surface area contributed by atoms with Gasteiger partial charge in [0.15, 0.2) is 5.65 Å². The van der Waals surface area contributed by atoms with Gasteiger partial charge < -0.3 is 0 Å². The summed E-state index contributed by atoms with van der Waals surface area (Å²) in [5, 5.41) is 25.7. The second kappa shape index (κ2) is 7.59. The lowest BCUT2D eigenvalue weighted by atomic mass is 10.1. The number of hydrogen-bond donors (Lipinski definition) is 1. The first-order chi connectivity index (χ1) is 13.1. The quantitative estimate of drug-likeness (QED) is 0.497. The number of halogens is 1. The van der Waals surface area contributed by atoms with Gasteiger partial charge in [0.25, 0.3) is 0 Å². The first kappa shape index (κ1) is 17.8. The Balaban J connectivity index is 1.50. The van der Waals surface area contributed by atoms with E-state index in [1.807, 2.05) is 43.3 Å². The molecule has 136 valence electrons. The van der Waals surface area contributed by atoms with Crippen molar-refractivity contribution in [2.24, 2.45) is 0 Å². The molecule has 0 fully saturated rings. The highest BCUT2D eigenvalue weighted by molar-refractivity contribution is 7.99. The van der Waals surface area contributed by atoms with Gasteiger partial charge in [0.2, 0.25) is 16.2 Å². The summed E-state index contributed by atoms with van der Waals surface area (Å²) in [6.45, 7) is 1.83. The van der Waals surface area contributed by atoms with Crippen LogP contribution in [-0.4, -0.2) is 41.7 Å². The molecule has 0 aliphatic carbocycles. The summed E-state index contributed by atoms with van der Waals surface area (Å²) in [5.74, 6) is -0.0338. The van der Waals surface area contributed by atoms with Crippen LogP contribution in [0.2, 0.25) is 5.02 Å². The number of carbonyl (C=O) groups is 1. The molecule has 1 N–H and O–H groups in total. The summed E-state index contributed by atoms with van der Waals surface area (Å²) < 4.78 is 1.62. The second-order valence-corrected chi connectivity index (χ2v) is 8.00. The zero-order valence-electron chi connectivity index (χ0n) is 14.0. The summed E-state index contributed by atoms with van der Waals surface area (Å²) in [7, 11) is 0. The molecule has 4 aromatic rings. The number of fused-ring (bicyclic) bond motifs is 1. The van der Waals surface area contributed by atoms with E-state index in [0.29, 0.717) is 21.0 Å². The third-order valence-electron chi connectivity index (χ3n) is 3.48. The van der Waals surface area contributed by atoms with Gasteiger partial charge in [0, 0.05) is 10.6 Å². The minimum Gasteiger partial charge on any atom is -0.300 e. The molecule has 0 atom stereocenters. The van der Waals surface area contributed by atoms with Crippen LogP contribution >= 0.6 is 34.7 Å². The van der Waals surface area contributed by atoms with Crippen LogP contribution in [0.5, 0.6) is 0 Å². The fourth-order valence-corrected chi connectivity index (χ4v) is 3.69. The van der Waals surface area contributed by atoms with Crippen LogP contribution in [0.15, 0.2) is 41.6 Å². The van der Waals surface area contributed by atoms with E-state index in [1.165, 1.54) is 23.1 Å². The number of anilines is 1. The number of nitrogens with zero attached hydrogens (tertiary/aromatic N) is 6. The molecule has 8 nitrogen and oxygen atoms in total. The van der Waals surface area contributed by atoms with Crippen LogP contribution in [0.25, 0.3) is 16.9 Å². The number of aryl methyl sites for hydroxylation is 1. The van der Waals surface area contributed by atoms with Crippen molar-refractivity contribution in [3.05, 3.63) is 46.4 Å². The van der Waals surface area contributed by atoms with E-state index >= 15 is 0 Å². The highest BCUT2D eigenvalue weighted by Gasteiger charge is 2.13. The van der Waals surface area contributed by atoms with Crippen molar-refractivity contribution in [3.63, 3.8) is 0 Å². The molecule has 0 radical (unpaired) electrons. The van der Waals surface area contributed by atoms with Crippen molar-refractivity contribution in [3.8, 4) is 11.3 Å². The zero-order valence-corrected chi connectivity index (χ0v) is 16.3. The Hall–Kier alpha value is -2.56. The second-order valence-electron chi connectivity index (χ2n) is 5.44. The maximum absolute atomic E-state index is 12.1. The molecule has 0 unspecified atom stereocenters. The highest BCUT2D eigenvalue weighted by atomic mass is 35.5. The van der Waals surface area contributed by atoms with Crippen molar-refractivity contribution in [2.45, 2.75) is 12.1 Å². The van der Waals surface area contributed by atoms with Gasteiger partial charge in [-0.1, -0.05) is 46.8 Å². The number of amides is 1. The Kier molecular flexibility index (Phi) is 5.01. The van der Waals surface area contributed by atoms with E-state index in [2.05, 4.69) is 30.8 Å². The molecule has 0 bridgehead atoms. The van der Waals surface area contributed by atoms with Crippen LogP contribution in [0.1, 0.15) is 5.01 Å².